The molecule has 0 N–H and O–H groups in total. The smallest absolute Gasteiger partial charge is 0.259 e. The van der Waals surface area contributed by atoms with Gasteiger partial charge in [-0.1, -0.05) is 78.9 Å². The Balaban J connectivity index is 1.70. The lowest BCUT2D eigenvalue weighted by molar-refractivity contribution is 0.0730. The maximum Gasteiger partial charge on any atom is 0.259 e. The summed E-state index contributed by atoms with van der Waals surface area (Å²) in [4.78, 5) is 29.2. The lowest BCUT2D eigenvalue weighted by Gasteiger charge is -2.39. The van der Waals surface area contributed by atoms with Gasteiger partial charge in [0.2, 0.25) is 0 Å². The number of amides is 1. The number of hydrogen-bond donors (Lipinski definition) is 0. The van der Waals surface area contributed by atoms with E-state index in [4.69, 9.17) is 4.74 Å². The Bertz CT molecular complexity index is 1240. The molecule has 156 valence electrons. The highest BCUT2D eigenvalue weighted by Gasteiger charge is 2.44. The van der Waals surface area contributed by atoms with Crippen LogP contribution in [0, 0.1) is 0 Å². The number of ether oxygens (including phenoxy) is 1. The lowest BCUT2D eigenvalue weighted by Crippen LogP contribution is -2.52. The zero-order valence-electron chi connectivity index (χ0n) is 17.3. The molecule has 1 aliphatic rings. The minimum absolute atomic E-state index is 0.145. The van der Waals surface area contributed by atoms with Crippen molar-refractivity contribution < 1.29 is 14.3 Å². The largest absolute Gasteiger partial charge is 0.482 e. The molecule has 1 aliphatic heterocycles. The van der Waals surface area contributed by atoms with E-state index in [0.29, 0.717) is 22.6 Å². The van der Waals surface area contributed by atoms with Crippen molar-refractivity contribution in [3.8, 4) is 5.75 Å². The first-order valence-electron chi connectivity index (χ1n) is 10.5. The molecule has 0 saturated heterocycles. The van der Waals surface area contributed by atoms with E-state index in [9.17, 15) is 9.59 Å². The Morgan fingerprint density at radius 3 is 1.94 bits per heavy atom. The van der Waals surface area contributed by atoms with E-state index in [1.807, 2.05) is 91.0 Å². The highest BCUT2D eigenvalue weighted by Crippen LogP contribution is 2.39. The van der Waals surface area contributed by atoms with Crippen LogP contribution >= 0.6 is 0 Å². The summed E-state index contributed by atoms with van der Waals surface area (Å²) in [6.07, 6.45) is -0.647. The molecule has 0 radical (unpaired) electrons. The number of ketones is 1. The molecule has 1 heterocycles. The summed E-state index contributed by atoms with van der Waals surface area (Å²) in [6, 6.07) is 34.3. The molecule has 0 bridgehead atoms. The number of carbonyl (C=O) groups is 2. The van der Waals surface area contributed by atoms with Crippen LogP contribution in [0.5, 0.6) is 5.75 Å². The molecule has 0 aliphatic carbocycles. The monoisotopic (exact) mass is 419 g/mol. The Morgan fingerprint density at radius 1 is 0.688 bits per heavy atom. The van der Waals surface area contributed by atoms with Crippen LogP contribution in [0.4, 0.5) is 5.69 Å². The Hall–Kier alpha value is -4.18. The topological polar surface area (TPSA) is 46.6 Å². The van der Waals surface area contributed by atoms with E-state index in [1.54, 1.807) is 29.2 Å². The van der Waals surface area contributed by atoms with Gasteiger partial charge in [0.1, 0.15) is 11.8 Å². The molecule has 4 aromatic carbocycles. The van der Waals surface area contributed by atoms with Crippen molar-refractivity contribution in [2.45, 2.75) is 12.1 Å². The first kappa shape index (κ1) is 19.8. The number of carbonyl (C=O) groups excluding carboxylic acids is 2. The second kappa shape index (κ2) is 8.52. The van der Waals surface area contributed by atoms with Crippen molar-refractivity contribution in [1.29, 1.82) is 0 Å². The van der Waals surface area contributed by atoms with Gasteiger partial charge in [-0.3, -0.25) is 14.5 Å². The van der Waals surface area contributed by atoms with Gasteiger partial charge >= 0.3 is 0 Å². The third kappa shape index (κ3) is 3.56. The molecule has 4 aromatic rings. The third-order valence-electron chi connectivity index (χ3n) is 5.64. The minimum Gasteiger partial charge on any atom is -0.482 e. The maximum atomic E-state index is 13.9. The van der Waals surface area contributed by atoms with Crippen LogP contribution in [-0.2, 0) is 0 Å². The van der Waals surface area contributed by atoms with Gasteiger partial charge in [0.25, 0.3) is 5.91 Å². The second-order valence-electron chi connectivity index (χ2n) is 7.63. The minimum atomic E-state index is -0.859. The molecule has 5 rings (SSSR count). The number of hydrogen-bond acceptors (Lipinski definition) is 3. The molecule has 0 fully saturated rings. The summed E-state index contributed by atoms with van der Waals surface area (Å²) in [6.45, 7) is 0. The molecule has 4 heteroatoms. The SMILES string of the molecule is O=C1c2ccccc2OC(c2ccccc2)C1N(C(=O)c1ccccc1)c1ccccc1. The van der Waals surface area contributed by atoms with E-state index in [0.717, 1.165) is 5.56 Å². The summed E-state index contributed by atoms with van der Waals surface area (Å²) in [5.74, 6) is 0.135. The Kier molecular flexibility index (Phi) is 5.26. The van der Waals surface area contributed by atoms with Gasteiger partial charge in [-0.05, 0) is 42.0 Å². The molecule has 32 heavy (non-hydrogen) atoms. The van der Waals surface area contributed by atoms with E-state index >= 15 is 0 Å². The highest BCUT2D eigenvalue weighted by atomic mass is 16.5. The van der Waals surface area contributed by atoms with Gasteiger partial charge in [-0.25, -0.2) is 0 Å². The first-order valence-corrected chi connectivity index (χ1v) is 10.5. The quantitative estimate of drug-likeness (QED) is 0.425. The molecular formula is C28H21NO3. The average Bonchev–Trinajstić information content (AvgIpc) is 2.87. The van der Waals surface area contributed by atoms with Crippen LogP contribution in [0.15, 0.2) is 115 Å². The van der Waals surface area contributed by atoms with Crippen molar-refractivity contribution in [2.24, 2.45) is 0 Å². The van der Waals surface area contributed by atoms with Gasteiger partial charge in [0.15, 0.2) is 11.9 Å². The molecule has 2 unspecified atom stereocenters. The van der Waals surface area contributed by atoms with Crippen LogP contribution in [0.2, 0.25) is 0 Å². The Labute approximate surface area is 186 Å². The summed E-state index contributed by atoms with van der Waals surface area (Å²) in [7, 11) is 0. The number of anilines is 1. The highest BCUT2D eigenvalue weighted by molar-refractivity contribution is 6.14. The van der Waals surface area contributed by atoms with Gasteiger partial charge in [0, 0.05) is 11.3 Å². The van der Waals surface area contributed by atoms with Crippen molar-refractivity contribution in [2.75, 3.05) is 4.90 Å². The van der Waals surface area contributed by atoms with Gasteiger partial charge < -0.3 is 4.74 Å². The predicted octanol–water partition coefficient (Wildman–Crippen LogP) is 5.72. The fraction of sp³-hybridized carbons (Fsp3) is 0.0714. The number of Topliss-reactive ketones (excluding diaryl/α,β-unsaturated/α-hetero) is 1. The van der Waals surface area contributed by atoms with Gasteiger partial charge in [0.05, 0.1) is 5.56 Å². The van der Waals surface area contributed by atoms with Crippen LogP contribution in [0.1, 0.15) is 32.4 Å². The summed E-state index contributed by atoms with van der Waals surface area (Å²) in [5.41, 5.74) is 2.46. The molecule has 2 atom stereocenters. The number of fused-ring (bicyclic) bond motifs is 1. The van der Waals surface area contributed by atoms with Crippen LogP contribution in [0.3, 0.4) is 0 Å². The van der Waals surface area contributed by atoms with Crippen LogP contribution < -0.4 is 9.64 Å². The zero-order chi connectivity index (χ0) is 21.9. The fourth-order valence-corrected chi connectivity index (χ4v) is 4.13. The molecule has 0 saturated carbocycles. The molecule has 1 amide bonds. The van der Waals surface area contributed by atoms with E-state index < -0.39 is 12.1 Å². The average molecular weight is 419 g/mol. The van der Waals surface area contributed by atoms with E-state index in [1.165, 1.54) is 0 Å². The van der Waals surface area contributed by atoms with Crippen LogP contribution in [0.25, 0.3) is 0 Å². The molecule has 4 nitrogen and oxygen atoms in total. The molecule has 0 spiro atoms. The number of nitrogens with zero attached hydrogens (tertiary/aromatic N) is 1. The maximum absolute atomic E-state index is 13.9. The van der Waals surface area contributed by atoms with Crippen molar-refractivity contribution in [3.63, 3.8) is 0 Å². The number of para-hydroxylation sites is 2. The zero-order valence-corrected chi connectivity index (χ0v) is 17.3. The van der Waals surface area contributed by atoms with Gasteiger partial charge in [-0.15, -0.1) is 0 Å². The normalized spacial score (nSPS) is 17.2. The summed E-state index contributed by atoms with van der Waals surface area (Å²) >= 11 is 0. The summed E-state index contributed by atoms with van der Waals surface area (Å²) in [5, 5.41) is 0. The van der Waals surface area contributed by atoms with E-state index in [-0.39, 0.29) is 11.7 Å². The van der Waals surface area contributed by atoms with Crippen molar-refractivity contribution in [1.82, 2.24) is 0 Å². The second-order valence-corrected chi connectivity index (χ2v) is 7.63. The van der Waals surface area contributed by atoms with Crippen LogP contribution in [-0.4, -0.2) is 17.7 Å². The fourth-order valence-electron chi connectivity index (χ4n) is 4.13. The first-order chi connectivity index (χ1) is 15.7. The third-order valence-corrected chi connectivity index (χ3v) is 5.64. The van der Waals surface area contributed by atoms with Crippen molar-refractivity contribution >= 4 is 17.4 Å². The lowest BCUT2D eigenvalue weighted by atomic mass is 9.89. The van der Waals surface area contributed by atoms with E-state index in [2.05, 4.69) is 0 Å². The molecular weight excluding hydrogens is 398 g/mol. The number of rotatable bonds is 4. The van der Waals surface area contributed by atoms with Gasteiger partial charge in [-0.2, -0.15) is 0 Å². The van der Waals surface area contributed by atoms with Crippen molar-refractivity contribution in [3.05, 3.63) is 132 Å². The predicted molar refractivity (Wildman–Crippen MR) is 124 cm³/mol. The Morgan fingerprint density at radius 2 is 1.25 bits per heavy atom. The standard InChI is InChI=1S/C28H21NO3/c30-26-23-18-10-11-19-24(23)32-27(20-12-4-1-5-13-20)25(26)29(22-16-8-3-9-17-22)28(31)21-14-6-2-7-15-21/h1-19,25,27H. The number of benzene rings is 4. The molecule has 0 aromatic heterocycles. The summed E-state index contributed by atoms with van der Waals surface area (Å²) < 4.78 is 6.37.